The Labute approximate surface area is 134 Å². The summed E-state index contributed by atoms with van der Waals surface area (Å²) in [6.07, 6.45) is 0. The van der Waals surface area contributed by atoms with Gasteiger partial charge in [0.15, 0.2) is 11.6 Å². The molecule has 0 heterocycles. The highest BCUT2D eigenvalue weighted by molar-refractivity contribution is 6.61. The van der Waals surface area contributed by atoms with Crippen molar-refractivity contribution in [3.8, 4) is 0 Å². The molecule has 1 aromatic rings. The second-order valence-electron chi connectivity index (χ2n) is 6.11. The third kappa shape index (κ3) is 4.49. The molecular weight excluding hydrogens is 309 g/mol. The monoisotopic (exact) mass is 330 g/mol. The second kappa shape index (κ2) is 6.94. The summed E-state index contributed by atoms with van der Waals surface area (Å²) in [5.41, 5.74) is -3.19. The normalized spacial score (nSPS) is 12.2. The zero-order chi connectivity index (χ0) is 18.0. The topological polar surface area (TPSA) is 76.0 Å². The van der Waals surface area contributed by atoms with E-state index in [-0.39, 0.29) is 17.6 Å². The first-order chi connectivity index (χ1) is 10.4. The van der Waals surface area contributed by atoms with Crippen molar-refractivity contribution in [2.24, 2.45) is 0 Å². The van der Waals surface area contributed by atoms with Gasteiger partial charge in [-0.3, -0.25) is 0 Å². The molecule has 128 valence electrons. The fourth-order valence-electron chi connectivity index (χ4n) is 1.64. The van der Waals surface area contributed by atoms with E-state index in [1.54, 1.807) is 6.92 Å². The lowest BCUT2D eigenvalue weighted by molar-refractivity contribution is -0.0982. The van der Waals surface area contributed by atoms with E-state index in [0.717, 1.165) is 0 Å². The number of aliphatic hydroxyl groups is 1. The van der Waals surface area contributed by atoms with Gasteiger partial charge in [-0.2, -0.15) is 0 Å². The van der Waals surface area contributed by atoms with Crippen LogP contribution < -0.4 is 5.46 Å². The van der Waals surface area contributed by atoms with Crippen molar-refractivity contribution >= 4 is 18.6 Å². The van der Waals surface area contributed by atoms with Gasteiger partial charge in [0.1, 0.15) is 0 Å². The Balaban J connectivity index is 3.25. The van der Waals surface area contributed by atoms with Crippen molar-refractivity contribution < 1.29 is 33.1 Å². The average molecular weight is 330 g/mol. The number of carbonyl (C=O) groups is 1. The Morgan fingerprint density at radius 2 is 1.74 bits per heavy atom. The molecule has 23 heavy (non-hydrogen) atoms. The Kier molecular flexibility index (Phi) is 5.90. The molecule has 0 bridgehead atoms. The van der Waals surface area contributed by atoms with E-state index in [1.165, 1.54) is 27.7 Å². The van der Waals surface area contributed by atoms with Crippen molar-refractivity contribution in [3.63, 3.8) is 0 Å². The molecule has 0 spiro atoms. The highest BCUT2D eigenvalue weighted by Crippen LogP contribution is 2.25. The highest BCUT2D eigenvalue weighted by Gasteiger charge is 2.40. The zero-order valence-electron chi connectivity index (χ0n) is 13.8. The van der Waals surface area contributed by atoms with Gasteiger partial charge in [0.2, 0.25) is 0 Å². The van der Waals surface area contributed by atoms with Crippen LogP contribution in [-0.4, -0.2) is 41.0 Å². The van der Waals surface area contributed by atoms with E-state index in [2.05, 4.69) is 0 Å². The minimum absolute atomic E-state index is 0.0311. The first-order valence-electron chi connectivity index (χ1n) is 7.15. The number of rotatable bonds is 6. The van der Waals surface area contributed by atoms with Crippen LogP contribution in [0.5, 0.6) is 0 Å². The van der Waals surface area contributed by atoms with Crippen LogP contribution in [0.4, 0.5) is 8.78 Å². The molecule has 0 aliphatic carbocycles. The van der Waals surface area contributed by atoms with Gasteiger partial charge in [-0.25, -0.2) is 13.6 Å². The van der Waals surface area contributed by atoms with E-state index < -0.39 is 35.9 Å². The van der Waals surface area contributed by atoms with Crippen LogP contribution in [0.1, 0.15) is 45.0 Å². The second-order valence-corrected chi connectivity index (χ2v) is 6.11. The maximum Gasteiger partial charge on any atom is 0.492 e. The lowest BCUT2D eigenvalue weighted by atomic mass is 9.74. The standard InChI is InChI=1S/C15H21BF2O5/c1-6-22-13(19)9-7-11(17)12(18)8-10(9)16(21)23-15(4,5)14(2,3)20/h7-8,20-21H,6H2,1-5H3. The van der Waals surface area contributed by atoms with E-state index >= 15 is 0 Å². The first kappa shape index (κ1) is 19.5. The number of carbonyl (C=O) groups excluding carboxylic acids is 1. The van der Waals surface area contributed by atoms with Crippen molar-refractivity contribution in [2.75, 3.05) is 6.61 Å². The summed E-state index contributed by atoms with van der Waals surface area (Å²) in [6, 6.07) is 1.32. The third-order valence-corrected chi connectivity index (χ3v) is 3.73. The molecule has 0 amide bonds. The van der Waals surface area contributed by atoms with Gasteiger partial charge >= 0.3 is 13.1 Å². The molecule has 0 saturated carbocycles. The smallest absolute Gasteiger partial charge is 0.462 e. The van der Waals surface area contributed by atoms with E-state index in [4.69, 9.17) is 9.39 Å². The molecule has 0 aliphatic rings. The van der Waals surface area contributed by atoms with Crippen LogP contribution in [0.2, 0.25) is 0 Å². The van der Waals surface area contributed by atoms with Crippen molar-refractivity contribution in [3.05, 3.63) is 29.3 Å². The maximum absolute atomic E-state index is 13.5. The minimum Gasteiger partial charge on any atom is -0.462 e. The predicted octanol–water partition coefficient (Wildman–Crippen LogP) is 1.40. The molecule has 0 aromatic heterocycles. The van der Waals surface area contributed by atoms with Crippen molar-refractivity contribution in [1.29, 1.82) is 0 Å². The molecule has 0 radical (unpaired) electrons. The SMILES string of the molecule is CCOC(=O)c1cc(F)c(F)cc1B(O)OC(C)(C)C(C)(C)O. The Hall–Kier alpha value is -1.51. The van der Waals surface area contributed by atoms with Gasteiger partial charge in [0.25, 0.3) is 0 Å². The van der Waals surface area contributed by atoms with Gasteiger partial charge < -0.3 is 19.5 Å². The van der Waals surface area contributed by atoms with Crippen LogP contribution >= 0.6 is 0 Å². The molecule has 8 heteroatoms. The predicted molar refractivity (Wildman–Crippen MR) is 81.4 cm³/mol. The lowest BCUT2D eigenvalue weighted by Crippen LogP contribution is -2.54. The number of benzene rings is 1. The van der Waals surface area contributed by atoms with Crippen LogP contribution in [0.15, 0.2) is 12.1 Å². The van der Waals surface area contributed by atoms with E-state index in [1.807, 2.05) is 0 Å². The quantitative estimate of drug-likeness (QED) is 0.609. The molecule has 2 N–H and O–H groups in total. The molecule has 1 rings (SSSR count). The lowest BCUT2D eigenvalue weighted by Gasteiger charge is -2.38. The molecule has 5 nitrogen and oxygen atoms in total. The van der Waals surface area contributed by atoms with Crippen LogP contribution in [-0.2, 0) is 9.39 Å². The van der Waals surface area contributed by atoms with Gasteiger partial charge in [0.05, 0.1) is 23.4 Å². The zero-order valence-corrected chi connectivity index (χ0v) is 13.8. The average Bonchev–Trinajstić information content (AvgIpc) is 2.39. The highest BCUT2D eigenvalue weighted by atomic mass is 19.2. The third-order valence-electron chi connectivity index (χ3n) is 3.73. The summed E-state index contributed by atoms with van der Waals surface area (Å²) < 4.78 is 37.0. The summed E-state index contributed by atoms with van der Waals surface area (Å²) in [5, 5.41) is 20.2. The molecule has 0 unspecified atom stereocenters. The Morgan fingerprint density at radius 1 is 1.22 bits per heavy atom. The molecule has 0 aliphatic heterocycles. The summed E-state index contributed by atoms with van der Waals surface area (Å²) in [5.74, 6) is -3.40. The summed E-state index contributed by atoms with van der Waals surface area (Å²) >= 11 is 0. The fraction of sp³-hybridized carbons (Fsp3) is 0.533. The Bertz CT molecular complexity index is 584. The van der Waals surface area contributed by atoms with Gasteiger partial charge in [-0.05, 0) is 52.2 Å². The van der Waals surface area contributed by atoms with E-state index in [0.29, 0.717) is 12.1 Å². The largest absolute Gasteiger partial charge is 0.492 e. The molecular formula is C15H21BF2O5. The molecule has 0 saturated heterocycles. The van der Waals surface area contributed by atoms with Crippen molar-refractivity contribution in [1.82, 2.24) is 0 Å². The Morgan fingerprint density at radius 3 is 2.22 bits per heavy atom. The molecule has 0 atom stereocenters. The number of hydrogen-bond donors (Lipinski definition) is 2. The van der Waals surface area contributed by atoms with Crippen LogP contribution in [0.3, 0.4) is 0 Å². The first-order valence-corrected chi connectivity index (χ1v) is 7.15. The summed E-state index contributed by atoms with van der Waals surface area (Å²) in [4.78, 5) is 11.9. The number of hydrogen-bond acceptors (Lipinski definition) is 5. The van der Waals surface area contributed by atoms with Gasteiger partial charge in [-0.1, -0.05) is 0 Å². The minimum atomic E-state index is -1.76. The van der Waals surface area contributed by atoms with E-state index in [9.17, 15) is 23.7 Å². The van der Waals surface area contributed by atoms with Crippen molar-refractivity contribution in [2.45, 2.75) is 45.8 Å². The number of ether oxygens (including phenoxy) is 1. The van der Waals surface area contributed by atoms with Gasteiger partial charge in [-0.15, -0.1) is 0 Å². The summed E-state index contributed by atoms with van der Waals surface area (Å²) in [7, 11) is -1.76. The van der Waals surface area contributed by atoms with Crippen LogP contribution in [0.25, 0.3) is 0 Å². The summed E-state index contributed by atoms with van der Waals surface area (Å²) in [6.45, 7) is 7.56. The molecule has 1 aromatic carbocycles. The van der Waals surface area contributed by atoms with Crippen LogP contribution in [0, 0.1) is 11.6 Å². The number of halogens is 2. The fourth-order valence-corrected chi connectivity index (χ4v) is 1.64. The maximum atomic E-state index is 13.5. The van der Waals surface area contributed by atoms with Gasteiger partial charge in [0, 0.05) is 0 Å². The molecule has 0 fully saturated rings. The number of esters is 1.